The third kappa shape index (κ3) is 4.87. The first-order valence-corrected chi connectivity index (χ1v) is 8.51. The van der Waals surface area contributed by atoms with E-state index in [2.05, 4.69) is 38.3 Å². The van der Waals surface area contributed by atoms with Crippen LogP contribution in [-0.2, 0) is 11.2 Å². The van der Waals surface area contributed by atoms with Crippen LogP contribution in [-0.4, -0.2) is 37.2 Å². The second-order valence-corrected chi connectivity index (χ2v) is 8.16. The number of quaternary nitrogens is 1. The molecule has 0 aromatic heterocycles. The topological polar surface area (TPSA) is 64.2 Å². The van der Waals surface area contributed by atoms with Crippen LogP contribution in [0.15, 0.2) is 18.2 Å². The Morgan fingerprint density at radius 1 is 1.12 bits per heavy atom. The van der Waals surface area contributed by atoms with Gasteiger partial charge in [-0.05, 0) is 45.4 Å². The van der Waals surface area contributed by atoms with Gasteiger partial charge in [-0.2, -0.15) is 0 Å². The van der Waals surface area contributed by atoms with Crippen LogP contribution >= 0.6 is 0 Å². The fraction of sp³-hybridized carbons (Fsp3) is 0.632. The molecule has 0 atom stereocenters. The zero-order valence-corrected chi connectivity index (χ0v) is 15.7. The summed E-state index contributed by atoms with van der Waals surface area (Å²) >= 11 is 0. The minimum atomic E-state index is 0.0562. The highest BCUT2D eigenvalue weighted by Crippen LogP contribution is 2.28. The van der Waals surface area contributed by atoms with Crippen molar-refractivity contribution in [3.05, 3.63) is 23.8 Å². The lowest BCUT2D eigenvalue weighted by atomic mass is 9.79. The van der Waals surface area contributed by atoms with E-state index in [1.165, 1.54) is 0 Å². The van der Waals surface area contributed by atoms with Gasteiger partial charge in [-0.1, -0.05) is 6.07 Å². The Balaban J connectivity index is 2.00. The van der Waals surface area contributed by atoms with Gasteiger partial charge in [0.2, 0.25) is 5.91 Å². The van der Waals surface area contributed by atoms with E-state index in [4.69, 9.17) is 9.47 Å². The number of nitrogens with one attached hydrogen (secondary N) is 1. The molecule has 134 valence electrons. The normalized spacial score (nSPS) is 19.6. The molecule has 1 fully saturated rings. The highest BCUT2D eigenvalue weighted by atomic mass is 16.5. The fourth-order valence-electron chi connectivity index (χ4n) is 4.07. The lowest BCUT2D eigenvalue weighted by molar-refractivity contribution is -0.787. The standard InChI is InChI=1S/C19H30N2O3/c1-18(2)11-14(12-19(3,4)21-18)20-17(22)10-13-7-8-15(23-5)16(9-13)24-6/h7-9,14,21H,10-12H2,1-6H3,(H,20,22)/p+1. The third-order valence-corrected chi connectivity index (χ3v) is 4.50. The number of nitrogens with two attached hydrogens (primary N) is 1. The van der Waals surface area contributed by atoms with Crippen LogP contribution in [0.4, 0.5) is 0 Å². The van der Waals surface area contributed by atoms with Crippen LogP contribution in [0.3, 0.4) is 0 Å². The van der Waals surface area contributed by atoms with E-state index in [9.17, 15) is 4.79 Å². The number of carbonyl (C=O) groups excluding carboxylic acids is 1. The first-order valence-electron chi connectivity index (χ1n) is 8.51. The molecule has 0 aliphatic carbocycles. The number of hydrogen-bond donors (Lipinski definition) is 2. The zero-order chi connectivity index (χ0) is 18.0. The zero-order valence-electron chi connectivity index (χ0n) is 15.7. The van der Waals surface area contributed by atoms with Crippen molar-refractivity contribution in [2.75, 3.05) is 14.2 Å². The highest BCUT2D eigenvalue weighted by molar-refractivity contribution is 5.79. The predicted octanol–water partition coefficient (Wildman–Crippen LogP) is 1.65. The van der Waals surface area contributed by atoms with Crippen molar-refractivity contribution < 1.29 is 19.6 Å². The van der Waals surface area contributed by atoms with Gasteiger partial charge >= 0.3 is 0 Å². The molecule has 1 amide bonds. The number of methoxy groups -OCH3 is 2. The average molecular weight is 335 g/mol. The molecule has 0 spiro atoms. The number of hydrogen-bond acceptors (Lipinski definition) is 3. The van der Waals surface area contributed by atoms with Gasteiger partial charge in [-0.3, -0.25) is 4.79 Å². The van der Waals surface area contributed by atoms with Gasteiger partial charge in [0, 0.05) is 18.9 Å². The highest BCUT2D eigenvalue weighted by Gasteiger charge is 2.41. The molecule has 5 heteroatoms. The maximum Gasteiger partial charge on any atom is 0.224 e. The Kier molecular flexibility index (Phi) is 5.43. The summed E-state index contributed by atoms with van der Waals surface area (Å²) in [6.07, 6.45) is 2.31. The largest absolute Gasteiger partial charge is 0.493 e. The van der Waals surface area contributed by atoms with Crippen molar-refractivity contribution in [1.29, 1.82) is 0 Å². The maximum absolute atomic E-state index is 12.5. The SMILES string of the molecule is COc1ccc(CC(=O)NC2CC(C)(C)[NH2+]C(C)(C)C2)cc1OC. The summed E-state index contributed by atoms with van der Waals surface area (Å²) in [5.41, 5.74) is 1.21. The molecule has 3 N–H and O–H groups in total. The smallest absolute Gasteiger partial charge is 0.224 e. The van der Waals surface area contributed by atoms with Crippen LogP contribution in [0, 0.1) is 0 Å². The maximum atomic E-state index is 12.5. The number of rotatable bonds is 5. The molecule has 5 nitrogen and oxygen atoms in total. The van der Waals surface area contributed by atoms with E-state index < -0.39 is 0 Å². The minimum Gasteiger partial charge on any atom is -0.493 e. The summed E-state index contributed by atoms with van der Waals surface area (Å²) in [5, 5.41) is 5.63. The summed E-state index contributed by atoms with van der Waals surface area (Å²) in [7, 11) is 3.21. The van der Waals surface area contributed by atoms with E-state index in [-0.39, 0.29) is 23.0 Å². The van der Waals surface area contributed by atoms with Crippen LogP contribution in [0.2, 0.25) is 0 Å². The second kappa shape index (κ2) is 7.01. The van der Waals surface area contributed by atoms with E-state index in [1.807, 2.05) is 18.2 Å². The number of ether oxygens (including phenoxy) is 2. The Morgan fingerprint density at radius 3 is 2.25 bits per heavy atom. The number of carbonyl (C=O) groups is 1. The summed E-state index contributed by atoms with van der Waals surface area (Å²) < 4.78 is 10.5. The summed E-state index contributed by atoms with van der Waals surface area (Å²) in [6.45, 7) is 8.95. The molecule has 2 rings (SSSR count). The van der Waals surface area contributed by atoms with Crippen molar-refractivity contribution in [1.82, 2.24) is 5.32 Å². The van der Waals surface area contributed by atoms with Crippen LogP contribution in [0.5, 0.6) is 11.5 Å². The van der Waals surface area contributed by atoms with Crippen molar-refractivity contribution >= 4 is 5.91 Å². The molecule has 1 heterocycles. The van der Waals surface area contributed by atoms with Crippen molar-refractivity contribution in [3.8, 4) is 11.5 Å². The van der Waals surface area contributed by atoms with Crippen molar-refractivity contribution in [2.45, 2.75) is 64.1 Å². The Bertz CT molecular complexity index is 580. The molecular weight excluding hydrogens is 304 g/mol. The van der Waals surface area contributed by atoms with Gasteiger partial charge in [0.25, 0.3) is 0 Å². The lowest BCUT2D eigenvalue weighted by Gasteiger charge is -2.43. The molecule has 0 unspecified atom stereocenters. The molecular formula is C19H31N2O3+. The molecule has 0 saturated carbocycles. The molecule has 1 saturated heterocycles. The van der Waals surface area contributed by atoms with E-state index in [1.54, 1.807) is 14.2 Å². The molecule has 24 heavy (non-hydrogen) atoms. The Hall–Kier alpha value is -1.75. The molecule has 1 aliphatic rings. The van der Waals surface area contributed by atoms with Gasteiger partial charge in [-0.25, -0.2) is 0 Å². The summed E-state index contributed by atoms with van der Waals surface area (Å²) in [4.78, 5) is 12.5. The predicted molar refractivity (Wildman–Crippen MR) is 94.5 cm³/mol. The van der Waals surface area contributed by atoms with Gasteiger partial charge in [-0.15, -0.1) is 0 Å². The minimum absolute atomic E-state index is 0.0562. The quantitative estimate of drug-likeness (QED) is 0.860. The van der Waals surface area contributed by atoms with E-state index >= 15 is 0 Å². The van der Waals surface area contributed by atoms with Gasteiger partial charge in [0.15, 0.2) is 11.5 Å². The van der Waals surface area contributed by atoms with Crippen LogP contribution < -0.4 is 20.1 Å². The van der Waals surface area contributed by atoms with Gasteiger partial charge in [0.05, 0.1) is 31.7 Å². The fourth-order valence-corrected chi connectivity index (χ4v) is 4.07. The third-order valence-electron chi connectivity index (χ3n) is 4.50. The van der Waals surface area contributed by atoms with E-state index in [0.29, 0.717) is 17.9 Å². The van der Waals surface area contributed by atoms with Gasteiger partial charge < -0.3 is 20.1 Å². The molecule has 1 aliphatic heterocycles. The van der Waals surface area contributed by atoms with Crippen LogP contribution in [0.1, 0.15) is 46.1 Å². The first-order chi connectivity index (χ1) is 11.1. The number of piperidine rings is 1. The van der Waals surface area contributed by atoms with Crippen LogP contribution in [0.25, 0.3) is 0 Å². The monoisotopic (exact) mass is 335 g/mol. The van der Waals surface area contributed by atoms with Crippen molar-refractivity contribution in [2.24, 2.45) is 0 Å². The second-order valence-electron chi connectivity index (χ2n) is 8.16. The molecule has 1 aromatic carbocycles. The lowest BCUT2D eigenvalue weighted by Crippen LogP contribution is -3.06. The Morgan fingerprint density at radius 2 is 1.71 bits per heavy atom. The first kappa shape index (κ1) is 18.6. The Labute approximate surface area is 145 Å². The van der Waals surface area contributed by atoms with Gasteiger partial charge in [0.1, 0.15) is 0 Å². The molecule has 0 radical (unpaired) electrons. The van der Waals surface area contributed by atoms with E-state index in [0.717, 1.165) is 18.4 Å². The summed E-state index contributed by atoms with van der Waals surface area (Å²) in [6, 6.07) is 5.82. The number of benzene rings is 1. The molecule has 0 bridgehead atoms. The average Bonchev–Trinajstić information content (AvgIpc) is 2.43. The summed E-state index contributed by atoms with van der Waals surface area (Å²) in [5.74, 6) is 1.38. The molecule has 1 aromatic rings. The number of amides is 1. The van der Waals surface area contributed by atoms with Crippen molar-refractivity contribution in [3.63, 3.8) is 0 Å².